The maximum Gasteiger partial charge on any atom is 0.243 e. The highest BCUT2D eigenvalue weighted by atomic mass is 32.2. The van der Waals surface area contributed by atoms with Crippen molar-refractivity contribution in [3.8, 4) is 0 Å². The summed E-state index contributed by atoms with van der Waals surface area (Å²) in [4.78, 5) is 14.5. The minimum absolute atomic E-state index is 0.00154. The smallest absolute Gasteiger partial charge is 0.243 e. The molecule has 1 amide bonds. The number of fused-ring (bicyclic) bond motifs is 1. The molecule has 1 aromatic carbocycles. The first-order valence-corrected chi connectivity index (χ1v) is 12.3. The zero-order valence-corrected chi connectivity index (χ0v) is 18.9. The lowest BCUT2D eigenvalue weighted by molar-refractivity contribution is -0.132. The summed E-state index contributed by atoms with van der Waals surface area (Å²) < 4.78 is 43.4. The first-order chi connectivity index (χ1) is 14.8. The van der Waals surface area contributed by atoms with Crippen LogP contribution in [0.5, 0.6) is 0 Å². The maximum atomic E-state index is 13.7. The number of hydrogen-bond acceptors (Lipinski definition) is 4. The molecule has 7 nitrogen and oxygen atoms in total. The molecular weight excluding hydrogens is 419 g/mol. The SMILES string of the molecule is Cc1ccc(F)cc1S(=O)(=O)N1CCc2c(c(CCC(=O)N3CCCCC3)nn2C)C1. The number of likely N-dealkylation sites (tertiary alicyclic amines) is 1. The number of benzene rings is 1. The first-order valence-electron chi connectivity index (χ1n) is 10.8. The molecule has 1 aromatic heterocycles. The minimum atomic E-state index is -3.83. The summed E-state index contributed by atoms with van der Waals surface area (Å²) in [6.07, 6.45) is 4.68. The second-order valence-corrected chi connectivity index (χ2v) is 10.3. The quantitative estimate of drug-likeness (QED) is 0.705. The van der Waals surface area contributed by atoms with Gasteiger partial charge in [-0.3, -0.25) is 9.48 Å². The third kappa shape index (κ3) is 4.39. The van der Waals surface area contributed by atoms with Gasteiger partial charge in [0.1, 0.15) is 5.82 Å². The Morgan fingerprint density at radius 3 is 2.65 bits per heavy atom. The van der Waals surface area contributed by atoms with Crippen molar-refractivity contribution in [3.05, 3.63) is 46.5 Å². The standard InChI is InChI=1S/C22H29FN4O3S/c1-16-6-7-17(23)14-21(16)31(29,30)27-13-10-20-18(15-27)19(24-25(20)2)8-9-22(28)26-11-4-3-5-12-26/h6-7,14H,3-5,8-13,15H2,1-2H3. The second-order valence-electron chi connectivity index (χ2n) is 8.44. The summed E-state index contributed by atoms with van der Waals surface area (Å²) >= 11 is 0. The fourth-order valence-corrected chi connectivity index (χ4v) is 6.21. The van der Waals surface area contributed by atoms with Crippen molar-refractivity contribution >= 4 is 15.9 Å². The van der Waals surface area contributed by atoms with E-state index < -0.39 is 15.8 Å². The van der Waals surface area contributed by atoms with Crippen LogP contribution < -0.4 is 0 Å². The summed E-state index contributed by atoms with van der Waals surface area (Å²) in [5.41, 5.74) is 3.17. The van der Waals surface area contributed by atoms with Gasteiger partial charge in [0.25, 0.3) is 0 Å². The fourth-order valence-electron chi connectivity index (χ4n) is 4.57. The zero-order chi connectivity index (χ0) is 22.2. The maximum absolute atomic E-state index is 13.7. The molecule has 0 spiro atoms. The van der Waals surface area contributed by atoms with Gasteiger partial charge >= 0.3 is 0 Å². The molecule has 1 fully saturated rings. The number of carbonyl (C=O) groups excluding carboxylic acids is 1. The normalized spacial score (nSPS) is 17.6. The predicted octanol–water partition coefficient (Wildman–Crippen LogP) is 2.56. The number of hydrogen-bond donors (Lipinski definition) is 0. The lowest BCUT2D eigenvalue weighted by atomic mass is 10.0. The van der Waals surface area contributed by atoms with Crippen molar-refractivity contribution in [2.75, 3.05) is 19.6 Å². The molecule has 168 valence electrons. The van der Waals surface area contributed by atoms with Crippen LogP contribution in [-0.2, 0) is 41.3 Å². The Morgan fingerprint density at radius 1 is 1.16 bits per heavy atom. The van der Waals surface area contributed by atoms with Gasteiger partial charge in [0, 0.05) is 63.7 Å². The average molecular weight is 449 g/mol. The van der Waals surface area contributed by atoms with Gasteiger partial charge in [-0.25, -0.2) is 12.8 Å². The van der Waals surface area contributed by atoms with Crippen LogP contribution in [0.2, 0.25) is 0 Å². The van der Waals surface area contributed by atoms with Gasteiger partial charge in [0.2, 0.25) is 15.9 Å². The van der Waals surface area contributed by atoms with Crippen LogP contribution in [0.15, 0.2) is 23.1 Å². The summed E-state index contributed by atoms with van der Waals surface area (Å²) in [6.45, 7) is 3.81. The van der Waals surface area contributed by atoms with E-state index in [0.717, 1.165) is 48.9 Å². The van der Waals surface area contributed by atoms with Crippen molar-refractivity contribution in [1.82, 2.24) is 19.0 Å². The Bertz CT molecular complexity index is 1090. The van der Waals surface area contributed by atoms with Gasteiger partial charge in [0.05, 0.1) is 10.6 Å². The second kappa shape index (κ2) is 8.70. The lowest BCUT2D eigenvalue weighted by Crippen LogP contribution is -2.37. The van der Waals surface area contributed by atoms with Crippen LogP contribution >= 0.6 is 0 Å². The number of amides is 1. The lowest BCUT2D eigenvalue weighted by Gasteiger charge is -2.28. The molecule has 3 heterocycles. The molecule has 2 aromatic rings. The predicted molar refractivity (Wildman–Crippen MR) is 114 cm³/mol. The molecule has 0 saturated carbocycles. The summed E-state index contributed by atoms with van der Waals surface area (Å²) in [7, 11) is -1.98. The molecule has 0 atom stereocenters. The van der Waals surface area contributed by atoms with Crippen molar-refractivity contribution in [2.45, 2.75) is 56.9 Å². The van der Waals surface area contributed by atoms with Crippen molar-refractivity contribution < 1.29 is 17.6 Å². The molecule has 0 aliphatic carbocycles. The molecule has 0 radical (unpaired) electrons. The molecule has 1 saturated heterocycles. The Labute approximate surface area is 182 Å². The van der Waals surface area contributed by atoms with Gasteiger partial charge in [-0.15, -0.1) is 0 Å². The zero-order valence-electron chi connectivity index (χ0n) is 18.1. The Balaban J connectivity index is 1.53. The van der Waals surface area contributed by atoms with Crippen LogP contribution in [0, 0.1) is 12.7 Å². The van der Waals surface area contributed by atoms with E-state index in [2.05, 4.69) is 5.10 Å². The van der Waals surface area contributed by atoms with Crippen molar-refractivity contribution in [1.29, 1.82) is 0 Å². The molecule has 9 heteroatoms. The molecule has 0 unspecified atom stereocenters. The molecule has 4 rings (SSSR count). The highest BCUT2D eigenvalue weighted by Gasteiger charge is 2.33. The summed E-state index contributed by atoms with van der Waals surface area (Å²) in [6, 6.07) is 3.84. The van der Waals surface area contributed by atoms with Crippen LogP contribution in [0.3, 0.4) is 0 Å². The number of carbonyl (C=O) groups is 1. The largest absolute Gasteiger partial charge is 0.343 e. The third-order valence-electron chi connectivity index (χ3n) is 6.34. The molecule has 0 N–H and O–H groups in total. The topological polar surface area (TPSA) is 75.5 Å². The Morgan fingerprint density at radius 2 is 1.90 bits per heavy atom. The van der Waals surface area contributed by atoms with E-state index in [9.17, 15) is 17.6 Å². The molecule has 31 heavy (non-hydrogen) atoms. The minimum Gasteiger partial charge on any atom is -0.343 e. The average Bonchev–Trinajstić information content (AvgIpc) is 3.09. The molecule has 0 bridgehead atoms. The van der Waals surface area contributed by atoms with Gasteiger partial charge in [-0.1, -0.05) is 6.07 Å². The van der Waals surface area contributed by atoms with Crippen LogP contribution in [0.1, 0.15) is 48.2 Å². The van der Waals surface area contributed by atoms with E-state index in [0.29, 0.717) is 31.4 Å². The van der Waals surface area contributed by atoms with Gasteiger partial charge in [-0.05, 0) is 43.9 Å². The van der Waals surface area contributed by atoms with E-state index in [1.807, 2.05) is 11.9 Å². The van der Waals surface area contributed by atoms with Crippen molar-refractivity contribution in [3.63, 3.8) is 0 Å². The number of aromatic nitrogens is 2. The van der Waals surface area contributed by atoms with Crippen LogP contribution in [-0.4, -0.2) is 52.9 Å². The molecule has 2 aliphatic heterocycles. The number of sulfonamides is 1. The van der Waals surface area contributed by atoms with Gasteiger partial charge < -0.3 is 4.90 Å². The molecular formula is C22H29FN4O3S. The summed E-state index contributed by atoms with van der Waals surface area (Å²) in [5.74, 6) is -0.435. The van der Waals surface area contributed by atoms with E-state index in [1.54, 1.807) is 11.6 Å². The number of halogens is 1. The van der Waals surface area contributed by atoms with E-state index in [-0.39, 0.29) is 17.3 Å². The highest BCUT2D eigenvalue weighted by Crippen LogP contribution is 2.29. The monoisotopic (exact) mass is 448 g/mol. The van der Waals surface area contributed by atoms with Gasteiger partial charge in [0.15, 0.2) is 0 Å². The fraction of sp³-hybridized carbons (Fsp3) is 0.545. The van der Waals surface area contributed by atoms with E-state index in [1.165, 1.54) is 22.9 Å². The number of piperidine rings is 1. The van der Waals surface area contributed by atoms with Crippen LogP contribution in [0.4, 0.5) is 4.39 Å². The number of nitrogens with zero attached hydrogens (tertiary/aromatic N) is 4. The summed E-state index contributed by atoms with van der Waals surface area (Å²) in [5, 5.41) is 4.59. The molecule has 2 aliphatic rings. The number of aryl methyl sites for hydroxylation is 3. The third-order valence-corrected chi connectivity index (χ3v) is 8.33. The van der Waals surface area contributed by atoms with Crippen molar-refractivity contribution in [2.24, 2.45) is 7.05 Å². The number of rotatable bonds is 5. The first kappa shape index (κ1) is 22.0. The van der Waals surface area contributed by atoms with Crippen LogP contribution in [0.25, 0.3) is 0 Å². The Kier molecular flexibility index (Phi) is 6.16. The van der Waals surface area contributed by atoms with E-state index in [4.69, 9.17) is 0 Å². The Hall–Kier alpha value is -2.26. The van der Waals surface area contributed by atoms with Gasteiger partial charge in [-0.2, -0.15) is 9.40 Å². The highest BCUT2D eigenvalue weighted by molar-refractivity contribution is 7.89. The van der Waals surface area contributed by atoms with E-state index >= 15 is 0 Å².